The van der Waals surface area contributed by atoms with E-state index in [1.807, 2.05) is 0 Å². The van der Waals surface area contributed by atoms with Crippen molar-refractivity contribution in [1.82, 2.24) is 0 Å². The van der Waals surface area contributed by atoms with Crippen molar-refractivity contribution in [2.45, 2.75) is 303 Å². The second-order valence-electron chi connectivity index (χ2n) is 21.3. The Bertz CT molecular complexity index is 1620. The maximum atomic E-state index is 12.9. The maximum absolute atomic E-state index is 12.9. The number of carbonyl (C=O) groups is 3. The fourth-order valence-electron chi connectivity index (χ4n) is 8.84. The topological polar surface area (TPSA) is 78.9 Å². The summed E-state index contributed by atoms with van der Waals surface area (Å²) in [7, 11) is 0. The lowest BCUT2D eigenvalue weighted by molar-refractivity contribution is -0.167. The highest BCUT2D eigenvalue weighted by molar-refractivity contribution is 5.71. The largest absolute Gasteiger partial charge is 0.462 e. The van der Waals surface area contributed by atoms with Gasteiger partial charge in [0.05, 0.1) is 0 Å². The average molecular weight is 1080 g/mol. The third-order valence-electron chi connectivity index (χ3n) is 13.7. The van der Waals surface area contributed by atoms with Gasteiger partial charge in [0.1, 0.15) is 13.2 Å². The average Bonchev–Trinajstić information content (AvgIpc) is 3.44. The van der Waals surface area contributed by atoms with Crippen LogP contribution in [0, 0.1) is 0 Å². The third-order valence-corrected chi connectivity index (χ3v) is 13.7. The molecular formula is C72H120O6. The first-order valence-electron chi connectivity index (χ1n) is 32.5. The van der Waals surface area contributed by atoms with Crippen LogP contribution in [0.2, 0.25) is 0 Å². The molecule has 0 aromatic carbocycles. The van der Waals surface area contributed by atoms with E-state index in [1.165, 1.54) is 135 Å². The fourth-order valence-corrected chi connectivity index (χ4v) is 8.84. The van der Waals surface area contributed by atoms with E-state index in [-0.39, 0.29) is 31.1 Å². The molecule has 0 fully saturated rings. The highest BCUT2D eigenvalue weighted by Crippen LogP contribution is 2.15. The van der Waals surface area contributed by atoms with Crippen LogP contribution in [-0.2, 0) is 28.6 Å². The van der Waals surface area contributed by atoms with Gasteiger partial charge in [-0.15, -0.1) is 0 Å². The Hall–Kier alpha value is -4.19. The Morgan fingerprint density at radius 2 is 0.500 bits per heavy atom. The van der Waals surface area contributed by atoms with Crippen LogP contribution in [0.15, 0.2) is 122 Å². The van der Waals surface area contributed by atoms with Crippen molar-refractivity contribution in [3.05, 3.63) is 122 Å². The summed E-state index contributed by atoms with van der Waals surface area (Å²) in [5, 5.41) is 0. The number of hydrogen-bond acceptors (Lipinski definition) is 6. The number of carbonyl (C=O) groups excluding carboxylic acids is 3. The zero-order chi connectivity index (χ0) is 56.4. The van der Waals surface area contributed by atoms with Gasteiger partial charge in [-0.3, -0.25) is 14.4 Å². The molecule has 0 aromatic rings. The van der Waals surface area contributed by atoms with Crippen molar-refractivity contribution < 1.29 is 28.6 Å². The first-order valence-corrected chi connectivity index (χ1v) is 32.5. The number of allylic oxidation sites excluding steroid dienone is 20. The van der Waals surface area contributed by atoms with Crippen molar-refractivity contribution in [3.8, 4) is 0 Å². The van der Waals surface area contributed by atoms with E-state index in [1.54, 1.807) is 0 Å². The van der Waals surface area contributed by atoms with Crippen molar-refractivity contribution in [2.75, 3.05) is 13.2 Å². The molecule has 0 aromatic heterocycles. The SMILES string of the molecule is CC/C=C\C/C=C\C/C=C\C/C=C\C/C=C\C/C=C\C/C=C\CCCCCC(=O)OCC(COC(=O)CCCCCCCCCCCC)OC(=O)CCCCCCCCCCCC/C=C\C/C=C\C/C=C\CCCCCCC. The van der Waals surface area contributed by atoms with Crippen LogP contribution in [0.3, 0.4) is 0 Å². The molecule has 0 saturated heterocycles. The lowest BCUT2D eigenvalue weighted by Crippen LogP contribution is -2.30. The molecule has 6 heteroatoms. The van der Waals surface area contributed by atoms with E-state index in [4.69, 9.17) is 14.2 Å². The van der Waals surface area contributed by atoms with E-state index in [0.29, 0.717) is 19.3 Å². The highest BCUT2D eigenvalue weighted by atomic mass is 16.6. The molecule has 0 aliphatic rings. The number of ether oxygens (including phenoxy) is 3. The predicted octanol–water partition coefficient (Wildman–Crippen LogP) is 22.4. The molecule has 0 heterocycles. The van der Waals surface area contributed by atoms with Gasteiger partial charge >= 0.3 is 17.9 Å². The number of esters is 3. The zero-order valence-electron chi connectivity index (χ0n) is 50.9. The van der Waals surface area contributed by atoms with Gasteiger partial charge < -0.3 is 14.2 Å². The normalized spacial score (nSPS) is 12.9. The van der Waals surface area contributed by atoms with Gasteiger partial charge in [-0.1, -0.05) is 284 Å². The Morgan fingerprint density at radius 3 is 0.795 bits per heavy atom. The Labute approximate surface area is 482 Å². The van der Waals surface area contributed by atoms with E-state index in [2.05, 4.69) is 142 Å². The number of hydrogen-bond donors (Lipinski definition) is 0. The van der Waals surface area contributed by atoms with E-state index >= 15 is 0 Å². The Balaban J connectivity index is 4.35. The van der Waals surface area contributed by atoms with E-state index < -0.39 is 6.10 Å². The van der Waals surface area contributed by atoms with Crippen LogP contribution in [0.5, 0.6) is 0 Å². The highest BCUT2D eigenvalue weighted by Gasteiger charge is 2.19. The number of unbranched alkanes of at least 4 members (excludes halogenated alkanes) is 27. The zero-order valence-corrected chi connectivity index (χ0v) is 50.9. The minimum Gasteiger partial charge on any atom is -0.462 e. The van der Waals surface area contributed by atoms with Gasteiger partial charge in [0.2, 0.25) is 0 Å². The predicted molar refractivity (Wildman–Crippen MR) is 339 cm³/mol. The first-order chi connectivity index (χ1) is 38.5. The van der Waals surface area contributed by atoms with Crippen LogP contribution in [0.1, 0.15) is 297 Å². The number of rotatable bonds is 58. The molecule has 1 unspecified atom stereocenters. The lowest BCUT2D eigenvalue weighted by atomic mass is 10.0. The summed E-state index contributed by atoms with van der Waals surface area (Å²) in [6.45, 7) is 6.48. The van der Waals surface area contributed by atoms with Gasteiger partial charge in [0.25, 0.3) is 0 Å². The molecule has 0 bridgehead atoms. The second kappa shape index (κ2) is 65.3. The molecule has 78 heavy (non-hydrogen) atoms. The molecule has 0 radical (unpaired) electrons. The van der Waals surface area contributed by atoms with E-state index in [9.17, 15) is 14.4 Å². The molecule has 0 aliphatic heterocycles. The summed E-state index contributed by atoms with van der Waals surface area (Å²) in [5.41, 5.74) is 0. The smallest absolute Gasteiger partial charge is 0.306 e. The summed E-state index contributed by atoms with van der Waals surface area (Å²) in [5.74, 6) is -0.926. The van der Waals surface area contributed by atoms with Gasteiger partial charge in [0, 0.05) is 19.3 Å². The van der Waals surface area contributed by atoms with Crippen molar-refractivity contribution in [3.63, 3.8) is 0 Å². The monoisotopic (exact) mass is 1080 g/mol. The molecule has 0 N–H and O–H groups in total. The molecule has 0 spiro atoms. The van der Waals surface area contributed by atoms with E-state index in [0.717, 1.165) is 122 Å². The fraction of sp³-hybridized carbons (Fsp3) is 0.681. The summed E-state index contributed by atoms with van der Waals surface area (Å²) in [6, 6.07) is 0. The second-order valence-corrected chi connectivity index (χ2v) is 21.3. The van der Waals surface area contributed by atoms with Gasteiger partial charge in [0.15, 0.2) is 6.10 Å². The molecule has 0 aliphatic carbocycles. The van der Waals surface area contributed by atoms with Crippen LogP contribution in [-0.4, -0.2) is 37.2 Å². The van der Waals surface area contributed by atoms with Gasteiger partial charge in [-0.25, -0.2) is 0 Å². The van der Waals surface area contributed by atoms with Crippen molar-refractivity contribution >= 4 is 17.9 Å². The van der Waals surface area contributed by atoms with Crippen LogP contribution < -0.4 is 0 Å². The lowest BCUT2D eigenvalue weighted by Gasteiger charge is -2.18. The van der Waals surface area contributed by atoms with Crippen molar-refractivity contribution in [2.24, 2.45) is 0 Å². The summed E-state index contributed by atoms with van der Waals surface area (Å²) in [4.78, 5) is 38.2. The quantitative estimate of drug-likeness (QED) is 0.0261. The molecule has 1 atom stereocenters. The van der Waals surface area contributed by atoms with Gasteiger partial charge in [-0.05, 0) is 116 Å². The summed E-state index contributed by atoms with van der Waals surface area (Å²) < 4.78 is 16.9. The van der Waals surface area contributed by atoms with Crippen LogP contribution >= 0.6 is 0 Å². The molecule has 0 saturated carbocycles. The molecule has 444 valence electrons. The third kappa shape index (κ3) is 62.7. The summed E-state index contributed by atoms with van der Waals surface area (Å²) in [6.07, 6.45) is 90.7. The first kappa shape index (κ1) is 73.8. The Morgan fingerprint density at radius 1 is 0.269 bits per heavy atom. The van der Waals surface area contributed by atoms with Crippen molar-refractivity contribution in [1.29, 1.82) is 0 Å². The minimum atomic E-state index is -0.797. The van der Waals surface area contributed by atoms with Gasteiger partial charge in [-0.2, -0.15) is 0 Å². The summed E-state index contributed by atoms with van der Waals surface area (Å²) >= 11 is 0. The Kier molecular flexibility index (Phi) is 61.8. The molecular weight excluding hydrogens is 961 g/mol. The molecule has 6 nitrogen and oxygen atoms in total. The minimum absolute atomic E-state index is 0.0908. The van der Waals surface area contributed by atoms with Crippen LogP contribution in [0.25, 0.3) is 0 Å². The van der Waals surface area contributed by atoms with Crippen LogP contribution in [0.4, 0.5) is 0 Å². The maximum Gasteiger partial charge on any atom is 0.306 e. The molecule has 0 rings (SSSR count). The molecule has 0 amide bonds. The standard InChI is InChI=1S/C72H120O6/c1-4-7-10-13-16-19-22-24-26-28-30-32-34-36-38-40-42-44-46-48-50-53-56-59-62-65-71(74)77-68-69(67-76-70(73)64-61-58-55-52-21-18-15-12-9-6-3)78-72(75)66-63-60-57-54-51-49-47-45-43-41-39-37-35-33-31-29-27-25-23-20-17-14-11-8-5-2/h7,10,16,19,23-26,29-32,35-38,42,44,48,50,69H,4-6,8-9,11-15,17-18,20-22,27-28,33-34,39-41,43,45-47,49,51-68H2,1-3H3/b10-7-,19-16-,25-23-,26-24-,31-29-,32-30-,37-35-,38-36-,44-42-,50-48-.